The third-order valence-electron chi connectivity index (χ3n) is 3.53. The fraction of sp³-hybridized carbons (Fsp3) is 0.500. The highest BCUT2D eigenvalue weighted by atomic mass is 35.5. The van der Waals surface area contributed by atoms with Crippen LogP contribution in [0.3, 0.4) is 0 Å². The molecule has 18 heavy (non-hydrogen) atoms. The first-order valence-electron chi connectivity index (χ1n) is 6.89. The van der Waals surface area contributed by atoms with Crippen LogP contribution in [0.1, 0.15) is 43.2 Å². The summed E-state index contributed by atoms with van der Waals surface area (Å²) in [6, 6.07) is 6.26. The summed E-state index contributed by atoms with van der Waals surface area (Å²) in [5.41, 5.74) is 4.04. The van der Waals surface area contributed by atoms with E-state index in [1.165, 1.54) is 43.2 Å². The van der Waals surface area contributed by atoms with E-state index in [1.807, 2.05) is 6.07 Å². The molecule has 0 fully saturated rings. The lowest BCUT2D eigenvalue weighted by molar-refractivity contribution is 0.632. The number of allylic oxidation sites excluding steroid dienone is 1. The quantitative estimate of drug-likeness (QED) is 0.603. The van der Waals surface area contributed by atoms with Gasteiger partial charge in [-0.25, -0.2) is 0 Å². The van der Waals surface area contributed by atoms with Crippen molar-refractivity contribution in [3.8, 4) is 0 Å². The molecule has 1 aromatic rings. The zero-order valence-corrected chi connectivity index (χ0v) is 11.9. The van der Waals surface area contributed by atoms with Crippen LogP contribution in [-0.4, -0.2) is 6.54 Å². The summed E-state index contributed by atoms with van der Waals surface area (Å²) in [5, 5.41) is 4.36. The number of hydrogen-bond acceptors (Lipinski definition) is 1. The van der Waals surface area contributed by atoms with Gasteiger partial charge in [0.1, 0.15) is 0 Å². The van der Waals surface area contributed by atoms with Crippen LogP contribution in [0.5, 0.6) is 0 Å². The zero-order chi connectivity index (χ0) is 12.8. The number of benzene rings is 1. The van der Waals surface area contributed by atoms with Crippen molar-refractivity contribution in [3.05, 3.63) is 46.0 Å². The standard InChI is InChI=1S/C16H22ClN/c1-13-7-8-15(16(17)11-13)12-18-10-9-14-5-3-2-4-6-14/h5,7-8,11,18H,2-4,6,9-10,12H2,1H3. The molecule has 2 rings (SSSR count). The van der Waals surface area contributed by atoms with Crippen molar-refractivity contribution >= 4 is 11.6 Å². The van der Waals surface area contributed by atoms with Crippen molar-refractivity contribution in [1.29, 1.82) is 0 Å². The van der Waals surface area contributed by atoms with Crippen LogP contribution >= 0.6 is 11.6 Å². The van der Waals surface area contributed by atoms with Gasteiger partial charge in [0, 0.05) is 11.6 Å². The van der Waals surface area contributed by atoms with Crippen LogP contribution in [0, 0.1) is 6.92 Å². The third-order valence-corrected chi connectivity index (χ3v) is 3.88. The van der Waals surface area contributed by atoms with Gasteiger partial charge < -0.3 is 5.32 Å². The summed E-state index contributed by atoms with van der Waals surface area (Å²) >= 11 is 6.21. The minimum atomic E-state index is 0.867. The SMILES string of the molecule is Cc1ccc(CNCCC2=CCCCC2)c(Cl)c1. The van der Waals surface area contributed by atoms with Crippen LogP contribution in [0.2, 0.25) is 5.02 Å². The van der Waals surface area contributed by atoms with E-state index in [0.717, 1.165) is 18.1 Å². The maximum atomic E-state index is 6.21. The fourth-order valence-corrected chi connectivity index (χ4v) is 2.70. The first kappa shape index (κ1) is 13.6. The summed E-state index contributed by atoms with van der Waals surface area (Å²) in [4.78, 5) is 0. The molecule has 1 aliphatic rings. The molecule has 1 aliphatic carbocycles. The van der Waals surface area contributed by atoms with Gasteiger partial charge in [-0.1, -0.05) is 35.4 Å². The number of nitrogens with one attached hydrogen (secondary N) is 1. The van der Waals surface area contributed by atoms with Crippen molar-refractivity contribution in [2.75, 3.05) is 6.54 Å². The summed E-state index contributed by atoms with van der Waals surface area (Å²) in [7, 11) is 0. The summed E-state index contributed by atoms with van der Waals surface area (Å²) < 4.78 is 0. The first-order valence-corrected chi connectivity index (χ1v) is 7.27. The Bertz CT molecular complexity index is 423. The van der Waals surface area contributed by atoms with Gasteiger partial charge in [-0.05, 0) is 62.8 Å². The number of hydrogen-bond donors (Lipinski definition) is 1. The second-order valence-corrected chi connectivity index (χ2v) is 5.54. The highest BCUT2D eigenvalue weighted by molar-refractivity contribution is 6.31. The van der Waals surface area contributed by atoms with Gasteiger partial charge in [-0.2, -0.15) is 0 Å². The lowest BCUT2D eigenvalue weighted by Crippen LogP contribution is -2.16. The Morgan fingerprint density at radius 2 is 2.17 bits per heavy atom. The molecular weight excluding hydrogens is 242 g/mol. The molecule has 0 aliphatic heterocycles. The summed E-state index contributed by atoms with van der Waals surface area (Å²) in [6.45, 7) is 3.99. The average Bonchev–Trinajstić information content (AvgIpc) is 2.38. The van der Waals surface area contributed by atoms with E-state index in [-0.39, 0.29) is 0 Å². The Morgan fingerprint density at radius 1 is 1.28 bits per heavy atom. The second kappa shape index (κ2) is 6.96. The van der Waals surface area contributed by atoms with E-state index in [9.17, 15) is 0 Å². The van der Waals surface area contributed by atoms with Crippen LogP contribution in [0.25, 0.3) is 0 Å². The van der Waals surface area contributed by atoms with Crippen molar-refractivity contribution in [3.63, 3.8) is 0 Å². The van der Waals surface area contributed by atoms with Crippen molar-refractivity contribution in [2.24, 2.45) is 0 Å². The van der Waals surface area contributed by atoms with Gasteiger partial charge in [-0.3, -0.25) is 0 Å². The van der Waals surface area contributed by atoms with Crippen LogP contribution < -0.4 is 5.32 Å². The molecule has 0 saturated carbocycles. The van der Waals surface area contributed by atoms with E-state index < -0.39 is 0 Å². The predicted octanol–water partition coefficient (Wildman–Crippen LogP) is 4.63. The number of rotatable bonds is 5. The molecule has 0 heterocycles. The smallest absolute Gasteiger partial charge is 0.0453 e. The lowest BCUT2D eigenvalue weighted by Gasteiger charge is -2.13. The Hall–Kier alpha value is -0.790. The second-order valence-electron chi connectivity index (χ2n) is 5.13. The number of aryl methyl sites for hydroxylation is 1. The van der Waals surface area contributed by atoms with Crippen LogP contribution in [0.4, 0.5) is 0 Å². The van der Waals surface area contributed by atoms with Gasteiger partial charge in [0.05, 0.1) is 0 Å². The highest BCUT2D eigenvalue weighted by Crippen LogP contribution is 2.20. The van der Waals surface area contributed by atoms with E-state index in [1.54, 1.807) is 5.57 Å². The lowest BCUT2D eigenvalue weighted by atomic mass is 9.97. The zero-order valence-electron chi connectivity index (χ0n) is 11.1. The normalized spacial score (nSPS) is 15.6. The topological polar surface area (TPSA) is 12.0 Å². The van der Waals surface area contributed by atoms with Crippen LogP contribution in [0.15, 0.2) is 29.8 Å². The molecule has 0 aromatic heterocycles. The van der Waals surface area contributed by atoms with E-state index in [0.29, 0.717) is 0 Å². The average molecular weight is 264 g/mol. The Labute approximate surface area is 115 Å². The van der Waals surface area contributed by atoms with Gasteiger partial charge >= 0.3 is 0 Å². The van der Waals surface area contributed by atoms with Crippen molar-refractivity contribution < 1.29 is 0 Å². The predicted molar refractivity (Wildman–Crippen MR) is 79.1 cm³/mol. The molecule has 0 radical (unpaired) electrons. The molecule has 0 amide bonds. The number of halogens is 1. The maximum absolute atomic E-state index is 6.21. The van der Waals surface area contributed by atoms with Crippen LogP contribution in [-0.2, 0) is 6.54 Å². The molecule has 0 spiro atoms. The first-order chi connectivity index (χ1) is 8.75. The minimum absolute atomic E-state index is 0.867. The summed E-state index contributed by atoms with van der Waals surface area (Å²) in [6.07, 6.45) is 8.92. The highest BCUT2D eigenvalue weighted by Gasteiger charge is 2.04. The van der Waals surface area contributed by atoms with E-state index >= 15 is 0 Å². The molecule has 1 aromatic carbocycles. The minimum Gasteiger partial charge on any atom is -0.312 e. The fourth-order valence-electron chi connectivity index (χ4n) is 2.40. The molecule has 0 atom stereocenters. The Balaban J connectivity index is 1.73. The molecule has 98 valence electrons. The molecule has 1 nitrogen and oxygen atoms in total. The molecule has 0 unspecified atom stereocenters. The van der Waals surface area contributed by atoms with Crippen molar-refractivity contribution in [2.45, 2.75) is 45.6 Å². The Morgan fingerprint density at radius 3 is 2.89 bits per heavy atom. The van der Waals surface area contributed by atoms with Gasteiger partial charge in [0.15, 0.2) is 0 Å². The monoisotopic (exact) mass is 263 g/mol. The molecule has 0 saturated heterocycles. The Kier molecular flexibility index (Phi) is 5.27. The van der Waals surface area contributed by atoms with Gasteiger partial charge in [0.25, 0.3) is 0 Å². The van der Waals surface area contributed by atoms with Crippen molar-refractivity contribution in [1.82, 2.24) is 5.32 Å². The van der Waals surface area contributed by atoms with Gasteiger partial charge in [-0.15, -0.1) is 0 Å². The third kappa shape index (κ3) is 4.15. The molecule has 1 N–H and O–H groups in total. The maximum Gasteiger partial charge on any atom is 0.0453 e. The molecule has 0 bridgehead atoms. The van der Waals surface area contributed by atoms with E-state index in [4.69, 9.17) is 11.6 Å². The largest absolute Gasteiger partial charge is 0.312 e. The molecular formula is C16H22ClN. The van der Waals surface area contributed by atoms with E-state index in [2.05, 4.69) is 30.4 Å². The van der Waals surface area contributed by atoms with Gasteiger partial charge in [0.2, 0.25) is 0 Å². The molecule has 2 heteroatoms. The summed E-state index contributed by atoms with van der Waals surface area (Å²) in [5.74, 6) is 0.